The second kappa shape index (κ2) is 15.3. The van der Waals surface area contributed by atoms with Crippen LogP contribution < -0.4 is 4.90 Å². The van der Waals surface area contributed by atoms with Gasteiger partial charge in [0.2, 0.25) is 0 Å². The van der Waals surface area contributed by atoms with Crippen molar-refractivity contribution in [2.45, 2.75) is 0 Å². The van der Waals surface area contributed by atoms with E-state index < -0.39 is 0 Å². The van der Waals surface area contributed by atoms with Crippen LogP contribution in [0.4, 0.5) is 17.1 Å². The van der Waals surface area contributed by atoms with E-state index in [2.05, 4.69) is 246 Å². The van der Waals surface area contributed by atoms with Crippen LogP contribution in [0.5, 0.6) is 0 Å². The molecule has 0 aliphatic rings. The van der Waals surface area contributed by atoms with Crippen molar-refractivity contribution >= 4 is 60.8 Å². The first-order valence-corrected chi connectivity index (χ1v) is 21.5. The van der Waals surface area contributed by atoms with Gasteiger partial charge in [-0.2, -0.15) is 0 Å². The minimum absolute atomic E-state index is 0.879. The lowest BCUT2D eigenvalue weighted by Crippen LogP contribution is -2.11. The van der Waals surface area contributed by atoms with Crippen LogP contribution >= 0.6 is 0 Å². The first-order chi connectivity index (χ1) is 31.2. The highest BCUT2D eigenvalue weighted by molar-refractivity contribution is 6.14. The molecule has 0 unspecified atom stereocenters. The van der Waals surface area contributed by atoms with Gasteiger partial charge in [-0.15, -0.1) is 0 Å². The molecule has 0 saturated heterocycles. The first kappa shape index (κ1) is 36.5. The molecule has 0 amide bonds. The molecule has 10 aromatic carbocycles. The molecular weight excluding hydrogens is 765 g/mol. The van der Waals surface area contributed by atoms with Gasteiger partial charge in [0.1, 0.15) is 11.2 Å². The molecule has 63 heavy (non-hydrogen) atoms. The summed E-state index contributed by atoms with van der Waals surface area (Å²) in [5.74, 6) is 0. The zero-order chi connectivity index (χ0) is 41.7. The van der Waals surface area contributed by atoms with Gasteiger partial charge in [0, 0.05) is 44.2 Å². The predicted molar refractivity (Wildman–Crippen MR) is 264 cm³/mol. The largest absolute Gasteiger partial charge is 0.456 e. The van der Waals surface area contributed by atoms with Crippen LogP contribution in [0.25, 0.3) is 93.9 Å². The summed E-state index contributed by atoms with van der Waals surface area (Å²) in [4.78, 5) is 2.39. The maximum absolute atomic E-state index is 6.39. The molecule has 3 heteroatoms. The summed E-state index contributed by atoms with van der Waals surface area (Å²) in [5, 5.41) is 4.75. The molecule has 0 aliphatic carbocycles. The molecule has 0 radical (unpaired) electrons. The lowest BCUT2D eigenvalue weighted by Gasteiger charge is -2.28. The van der Waals surface area contributed by atoms with E-state index in [9.17, 15) is 0 Å². The number of nitrogens with zero attached hydrogens (tertiary/aromatic N) is 2. The summed E-state index contributed by atoms with van der Waals surface area (Å²) < 4.78 is 8.77. The molecule has 296 valence electrons. The highest BCUT2D eigenvalue weighted by Gasteiger charge is 2.21. The number of hydrogen-bond donors (Lipinski definition) is 0. The fraction of sp³-hybridized carbons (Fsp3) is 0. The normalized spacial score (nSPS) is 11.5. The van der Waals surface area contributed by atoms with E-state index in [1.165, 1.54) is 38.5 Å². The number of anilines is 3. The number of benzene rings is 10. The highest BCUT2D eigenvalue weighted by Crippen LogP contribution is 2.45. The van der Waals surface area contributed by atoms with Crippen LogP contribution in [0.2, 0.25) is 0 Å². The molecular formula is C60H40N2O. The number of fused-ring (bicyclic) bond motifs is 6. The smallest absolute Gasteiger partial charge is 0.136 e. The average molecular weight is 805 g/mol. The average Bonchev–Trinajstić information content (AvgIpc) is 3.91. The molecule has 0 saturated carbocycles. The summed E-state index contributed by atoms with van der Waals surface area (Å²) in [6.07, 6.45) is 0. The van der Waals surface area contributed by atoms with Crippen LogP contribution in [-0.2, 0) is 0 Å². The summed E-state index contributed by atoms with van der Waals surface area (Å²) in [7, 11) is 0. The monoisotopic (exact) mass is 804 g/mol. The van der Waals surface area contributed by atoms with Crippen LogP contribution in [0.3, 0.4) is 0 Å². The molecule has 0 spiro atoms. The van der Waals surface area contributed by atoms with E-state index in [-0.39, 0.29) is 0 Å². The molecule has 3 nitrogen and oxygen atoms in total. The fourth-order valence-electron chi connectivity index (χ4n) is 9.46. The minimum atomic E-state index is 0.879. The molecule has 0 fully saturated rings. The van der Waals surface area contributed by atoms with Gasteiger partial charge >= 0.3 is 0 Å². The second-order valence-electron chi connectivity index (χ2n) is 16.1. The van der Waals surface area contributed by atoms with Gasteiger partial charge in [-0.25, -0.2) is 0 Å². The molecule has 0 bridgehead atoms. The SMILES string of the molecule is c1ccc(-c2cccc(-c3ccc(N(c4ccc(-c5cccc(-n6c7ccccc7c7ccccc76)c5)cc4)c4ccccc4-c4cccc5oc6ccccc6c45)cc3)c2)cc1. The van der Waals surface area contributed by atoms with Gasteiger partial charge in [0.15, 0.2) is 0 Å². The van der Waals surface area contributed by atoms with Gasteiger partial charge in [-0.1, -0.05) is 170 Å². The van der Waals surface area contributed by atoms with Gasteiger partial charge in [0.25, 0.3) is 0 Å². The summed E-state index contributed by atoms with van der Waals surface area (Å²) in [6.45, 7) is 0. The lowest BCUT2D eigenvalue weighted by atomic mass is 9.96. The Balaban J connectivity index is 0.975. The first-order valence-electron chi connectivity index (χ1n) is 21.5. The van der Waals surface area contributed by atoms with Gasteiger partial charge in [-0.3, -0.25) is 0 Å². The Kier molecular flexibility index (Phi) is 8.83. The van der Waals surface area contributed by atoms with Crippen molar-refractivity contribution in [3.05, 3.63) is 243 Å². The van der Waals surface area contributed by atoms with Crippen molar-refractivity contribution in [3.63, 3.8) is 0 Å². The Bertz CT molecular complexity index is 3560. The van der Waals surface area contributed by atoms with E-state index in [1.807, 2.05) is 6.07 Å². The number of rotatable bonds is 8. The summed E-state index contributed by atoms with van der Waals surface area (Å²) >= 11 is 0. The van der Waals surface area contributed by atoms with Gasteiger partial charge < -0.3 is 13.9 Å². The van der Waals surface area contributed by atoms with E-state index in [0.29, 0.717) is 0 Å². The van der Waals surface area contributed by atoms with Crippen LogP contribution in [0, 0.1) is 0 Å². The second-order valence-corrected chi connectivity index (χ2v) is 16.1. The Morgan fingerprint density at radius 3 is 1.48 bits per heavy atom. The van der Waals surface area contributed by atoms with Gasteiger partial charge in [-0.05, 0) is 112 Å². The number of hydrogen-bond acceptors (Lipinski definition) is 2. The predicted octanol–water partition coefficient (Wildman–Crippen LogP) is 16.8. The third kappa shape index (κ3) is 6.38. The molecule has 2 aromatic heterocycles. The highest BCUT2D eigenvalue weighted by atomic mass is 16.3. The van der Waals surface area contributed by atoms with Crippen LogP contribution in [0.15, 0.2) is 247 Å². The van der Waals surface area contributed by atoms with E-state index >= 15 is 0 Å². The number of para-hydroxylation sites is 4. The fourth-order valence-corrected chi connectivity index (χ4v) is 9.46. The molecule has 12 aromatic rings. The van der Waals surface area contributed by atoms with Crippen LogP contribution in [-0.4, -0.2) is 4.57 Å². The van der Waals surface area contributed by atoms with Crippen LogP contribution in [0.1, 0.15) is 0 Å². The zero-order valence-corrected chi connectivity index (χ0v) is 34.4. The van der Waals surface area contributed by atoms with Crippen molar-refractivity contribution in [2.24, 2.45) is 0 Å². The van der Waals surface area contributed by atoms with Crippen molar-refractivity contribution < 1.29 is 4.42 Å². The number of aromatic nitrogens is 1. The Morgan fingerprint density at radius 2 is 0.794 bits per heavy atom. The summed E-state index contributed by atoms with van der Waals surface area (Å²) in [5.41, 5.74) is 17.8. The van der Waals surface area contributed by atoms with E-state index in [0.717, 1.165) is 72.5 Å². The lowest BCUT2D eigenvalue weighted by molar-refractivity contribution is 0.669. The molecule has 0 atom stereocenters. The third-order valence-corrected chi connectivity index (χ3v) is 12.4. The standard InChI is InChI=1S/C60H40N2O/c1-2-15-41(16-3-1)44-17-12-18-45(39-44)42-31-35-47(36-32-42)61(55-26-8-6-23-52(55)53-25-14-30-59-60(53)54-24-7-11-29-58(54)63-59)48-37-33-43(34-38-48)46-19-13-20-49(40-46)62-56-27-9-4-21-50(56)51-22-5-10-28-57(51)62/h1-40H. The Labute approximate surface area is 366 Å². The third-order valence-electron chi connectivity index (χ3n) is 12.4. The topological polar surface area (TPSA) is 21.3 Å². The molecule has 0 aliphatic heterocycles. The Morgan fingerprint density at radius 1 is 0.317 bits per heavy atom. The van der Waals surface area contributed by atoms with Crippen molar-refractivity contribution in [1.82, 2.24) is 4.57 Å². The maximum atomic E-state index is 6.39. The zero-order valence-electron chi connectivity index (χ0n) is 34.4. The molecule has 12 rings (SSSR count). The maximum Gasteiger partial charge on any atom is 0.136 e. The van der Waals surface area contributed by atoms with E-state index in [4.69, 9.17) is 4.42 Å². The minimum Gasteiger partial charge on any atom is -0.456 e. The van der Waals surface area contributed by atoms with Crippen molar-refractivity contribution in [1.29, 1.82) is 0 Å². The van der Waals surface area contributed by atoms with Gasteiger partial charge in [0.05, 0.1) is 16.7 Å². The number of furan rings is 1. The Hall–Kier alpha value is -8.40. The molecule has 0 N–H and O–H groups in total. The van der Waals surface area contributed by atoms with Crippen molar-refractivity contribution in [3.8, 4) is 50.2 Å². The molecule has 2 heterocycles. The van der Waals surface area contributed by atoms with Crippen molar-refractivity contribution in [2.75, 3.05) is 4.90 Å². The quantitative estimate of drug-likeness (QED) is 0.153. The van der Waals surface area contributed by atoms with E-state index in [1.54, 1.807) is 0 Å². The summed E-state index contributed by atoms with van der Waals surface area (Å²) in [6, 6.07) is 87.1.